The van der Waals surface area contributed by atoms with Gasteiger partial charge in [0.1, 0.15) is 0 Å². The van der Waals surface area contributed by atoms with Crippen molar-refractivity contribution in [2.45, 2.75) is 27.7 Å². The van der Waals surface area contributed by atoms with Gasteiger partial charge in [0.25, 0.3) is 0 Å². The van der Waals surface area contributed by atoms with Crippen LogP contribution in [-0.2, 0) is 0 Å². The number of aromatic nitrogens is 5. The molecule has 0 amide bonds. The van der Waals surface area contributed by atoms with Crippen molar-refractivity contribution in [3.8, 4) is 56.7 Å². The SMILES string of the molecule is [C-]#[N+]c1ccc(-n2c3ccc(C)cc3c3cc(C)ccc32)c(-c2ccc(-c3nc(-c4ccccc4)nc(-c4ccccc4)n3)cc2-n2c3ccc(C)cc3c3cc(C)ccc32)c1. The van der Waals surface area contributed by atoms with Crippen molar-refractivity contribution >= 4 is 49.3 Å². The monoisotopic (exact) mass is 796 g/mol. The highest BCUT2D eigenvalue weighted by molar-refractivity contribution is 6.12. The molecule has 0 aliphatic heterocycles. The summed E-state index contributed by atoms with van der Waals surface area (Å²) in [5, 5.41) is 4.76. The molecule has 0 aliphatic carbocycles. The van der Waals surface area contributed by atoms with Crippen LogP contribution >= 0.6 is 0 Å². The molecular weight excluding hydrogens is 757 g/mol. The maximum Gasteiger partial charge on any atom is 0.188 e. The van der Waals surface area contributed by atoms with Gasteiger partial charge in [0, 0.05) is 43.8 Å². The number of hydrogen-bond acceptors (Lipinski definition) is 3. The van der Waals surface area contributed by atoms with Gasteiger partial charge < -0.3 is 9.13 Å². The number of nitrogens with zero attached hydrogens (tertiary/aromatic N) is 6. The Hall–Kier alpha value is -8.14. The van der Waals surface area contributed by atoms with E-state index < -0.39 is 0 Å². The second-order valence-electron chi connectivity index (χ2n) is 16.3. The number of rotatable bonds is 6. The van der Waals surface area contributed by atoms with Gasteiger partial charge in [0.2, 0.25) is 0 Å². The number of fused-ring (bicyclic) bond motifs is 6. The summed E-state index contributed by atoms with van der Waals surface area (Å²) in [6.07, 6.45) is 0. The van der Waals surface area contributed by atoms with Gasteiger partial charge in [-0.15, -0.1) is 0 Å². The molecule has 0 saturated carbocycles. The van der Waals surface area contributed by atoms with Crippen molar-refractivity contribution in [1.82, 2.24) is 24.1 Å². The molecule has 0 radical (unpaired) electrons. The van der Waals surface area contributed by atoms with E-state index in [-0.39, 0.29) is 0 Å². The van der Waals surface area contributed by atoms with Crippen LogP contribution in [0.2, 0.25) is 0 Å². The van der Waals surface area contributed by atoms with E-state index in [0.29, 0.717) is 23.2 Å². The van der Waals surface area contributed by atoms with Crippen molar-refractivity contribution < 1.29 is 0 Å². The lowest BCUT2D eigenvalue weighted by Crippen LogP contribution is -2.04. The first-order chi connectivity index (χ1) is 30.3. The smallest absolute Gasteiger partial charge is 0.188 e. The van der Waals surface area contributed by atoms with E-state index >= 15 is 0 Å². The van der Waals surface area contributed by atoms with E-state index in [0.717, 1.165) is 61.3 Å². The highest BCUT2D eigenvalue weighted by Crippen LogP contribution is 2.44. The molecule has 3 heterocycles. The van der Waals surface area contributed by atoms with Crippen LogP contribution in [0.4, 0.5) is 5.69 Å². The molecule has 0 atom stereocenters. The highest BCUT2D eigenvalue weighted by atomic mass is 15.0. The fraction of sp³-hybridized carbons (Fsp3) is 0.0714. The molecular formula is C56H40N6. The van der Waals surface area contributed by atoms with Crippen LogP contribution in [0.25, 0.3) is 105 Å². The number of hydrogen-bond donors (Lipinski definition) is 0. The summed E-state index contributed by atoms with van der Waals surface area (Å²) in [7, 11) is 0. The van der Waals surface area contributed by atoms with Crippen LogP contribution in [-0.4, -0.2) is 24.1 Å². The van der Waals surface area contributed by atoms with Crippen LogP contribution in [0.1, 0.15) is 22.3 Å². The van der Waals surface area contributed by atoms with Crippen LogP contribution in [0.5, 0.6) is 0 Å². The lowest BCUT2D eigenvalue weighted by atomic mass is 9.97. The van der Waals surface area contributed by atoms with Crippen molar-refractivity contribution in [2.75, 3.05) is 0 Å². The average molecular weight is 797 g/mol. The number of aryl methyl sites for hydroxylation is 4. The van der Waals surface area contributed by atoms with Gasteiger partial charge in [-0.05, 0) is 100.0 Å². The Kier molecular flexibility index (Phi) is 8.66. The molecule has 0 N–H and O–H groups in total. The molecule has 11 rings (SSSR count). The second kappa shape index (κ2) is 14.5. The lowest BCUT2D eigenvalue weighted by Gasteiger charge is -2.20. The summed E-state index contributed by atoms with van der Waals surface area (Å²) in [5.74, 6) is 1.78. The van der Waals surface area contributed by atoms with Crippen LogP contribution in [0.15, 0.2) is 170 Å². The molecule has 294 valence electrons. The Labute approximate surface area is 359 Å². The molecule has 62 heavy (non-hydrogen) atoms. The van der Waals surface area contributed by atoms with E-state index in [2.05, 4.69) is 139 Å². The van der Waals surface area contributed by atoms with Crippen molar-refractivity contribution in [1.29, 1.82) is 0 Å². The zero-order chi connectivity index (χ0) is 42.1. The van der Waals surface area contributed by atoms with Crippen molar-refractivity contribution in [2.24, 2.45) is 0 Å². The Morgan fingerprint density at radius 3 is 1.23 bits per heavy atom. The first kappa shape index (κ1) is 36.9. The normalized spacial score (nSPS) is 11.5. The zero-order valence-electron chi connectivity index (χ0n) is 34.8. The van der Waals surface area contributed by atoms with Gasteiger partial charge in [-0.1, -0.05) is 125 Å². The van der Waals surface area contributed by atoms with Gasteiger partial charge in [-0.25, -0.2) is 19.8 Å². The molecule has 0 spiro atoms. The average Bonchev–Trinajstić information content (AvgIpc) is 3.79. The molecule has 8 aromatic carbocycles. The Morgan fingerprint density at radius 1 is 0.371 bits per heavy atom. The zero-order valence-corrected chi connectivity index (χ0v) is 34.8. The summed E-state index contributed by atoms with van der Waals surface area (Å²) >= 11 is 0. The van der Waals surface area contributed by atoms with Gasteiger partial charge in [0.05, 0.1) is 40.0 Å². The Morgan fingerprint density at radius 2 is 0.790 bits per heavy atom. The maximum atomic E-state index is 8.23. The molecule has 0 fully saturated rings. The van der Waals surface area contributed by atoms with Crippen molar-refractivity contribution in [3.05, 3.63) is 204 Å². The summed E-state index contributed by atoms with van der Waals surface area (Å²) in [4.78, 5) is 19.3. The fourth-order valence-electron chi connectivity index (χ4n) is 9.05. The number of benzene rings is 8. The topological polar surface area (TPSA) is 52.9 Å². The molecule has 6 heteroatoms. The van der Waals surface area contributed by atoms with Gasteiger partial charge in [-0.3, -0.25) is 0 Å². The van der Waals surface area contributed by atoms with Gasteiger partial charge >= 0.3 is 0 Å². The summed E-state index contributed by atoms with van der Waals surface area (Å²) in [5.41, 5.74) is 16.3. The quantitative estimate of drug-likeness (QED) is 0.158. The molecule has 6 nitrogen and oxygen atoms in total. The highest BCUT2D eigenvalue weighted by Gasteiger charge is 2.23. The van der Waals surface area contributed by atoms with Gasteiger partial charge in [0.15, 0.2) is 23.2 Å². The Balaban J connectivity index is 1.25. The van der Waals surface area contributed by atoms with E-state index in [1.165, 1.54) is 43.8 Å². The first-order valence-corrected chi connectivity index (χ1v) is 20.9. The first-order valence-electron chi connectivity index (χ1n) is 20.9. The minimum atomic E-state index is 0.567. The summed E-state index contributed by atoms with van der Waals surface area (Å²) < 4.78 is 4.75. The standard InChI is InChI=1S/C56H40N6/c1-34-16-23-48-43(28-34)44-29-35(2)17-24-49(44)61(48)52-27-21-41(57-5)33-47(52)42-22-20-40(32-53(42)62-50-25-18-36(3)30-45(50)46-31-37(4)19-26-51(46)62)56-59-54(38-12-8-6-9-13-38)58-55(60-56)39-14-10-7-11-15-39/h6-33H,1-4H3. The third-order valence-corrected chi connectivity index (χ3v) is 12.0. The van der Waals surface area contributed by atoms with E-state index in [9.17, 15) is 0 Å². The summed E-state index contributed by atoms with van der Waals surface area (Å²) in [6.45, 7) is 16.8. The minimum absolute atomic E-state index is 0.567. The molecule has 0 bridgehead atoms. The van der Waals surface area contributed by atoms with Crippen molar-refractivity contribution in [3.63, 3.8) is 0 Å². The molecule has 11 aromatic rings. The van der Waals surface area contributed by atoms with Crippen LogP contribution in [0.3, 0.4) is 0 Å². The molecule has 0 unspecified atom stereocenters. The van der Waals surface area contributed by atoms with Crippen LogP contribution < -0.4 is 0 Å². The largest absolute Gasteiger partial charge is 0.309 e. The fourth-order valence-corrected chi connectivity index (χ4v) is 9.05. The second-order valence-corrected chi connectivity index (χ2v) is 16.3. The van der Waals surface area contributed by atoms with E-state index in [4.69, 9.17) is 21.5 Å². The van der Waals surface area contributed by atoms with E-state index in [1.54, 1.807) is 0 Å². The van der Waals surface area contributed by atoms with Gasteiger partial charge in [-0.2, -0.15) is 0 Å². The third-order valence-electron chi connectivity index (χ3n) is 12.0. The van der Waals surface area contributed by atoms with E-state index in [1.807, 2.05) is 72.8 Å². The maximum absolute atomic E-state index is 8.23. The molecule has 0 saturated heterocycles. The molecule has 3 aromatic heterocycles. The Bertz CT molecular complexity index is 3450. The molecule has 0 aliphatic rings. The lowest BCUT2D eigenvalue weighted by molar-refractivity contribution is 1.07. The minimum Gasteiger partial charge on any atom is -0.309 e. The third kappa shape index (κ3) is 6.14. The predicted octanol–water partition coefficient (Wildman–Crippen LogP) is 14.5. The predicted molar refractivity (Wildman–Crippen MR) is 255 cm³/mol. The van der Waals surface area contributed by atoms with Crippen LogP contribution in [0, 0.1) is 34.3 Å². The summed E-state index contributed by atoms with van der Waals surface area (Å²) in [6, 6.07) is 59.6.